The summed E-state index contributed by atoms with van der Waals surface area (Å²) in [5.74, 6) is 0.132. The van der Waals surface area contributed by atoms with Gasteiger partial charge in [-0.25, -0.2) is 5.06 Å². The maximum atomic E-state index is 12.3. The van der Waals surface area contributed by atoms with E-state index in [-0.39, 0.29) is 5.92 Å². The molecule has 0 spiro atoms. The van der Waals surface area contributed by atoms with Gasteiger partial charge in [-0.2, -0.15) is 0 Å². The molecule has 0 radical (unpaired) electrons. The van der Waals surface area contributed by atoms with Gasteiger partial charge in [-0.1, -0.05) is 37.8 Å². The Balaban J connectivity index is 2.69. The molecule has 0 saturated carbocycles. The number of likely N-dealkylation sites (N-methyl/N-ethyl adjacent to an activating group) is 1. The normalized spacial score (nSPS) is 25.3. The fourth-order valence-corrected chi connectivity index (χ4v) is 6.00. The number of rotatable bonds is 5. The van der Waals surface area contributed by atoms with E-state index in [1.165, 1.54) is 5.56 Å². The number of nitrogens with zero attached hydrogens (tertiary/aromatic N) is 2. The highest BCUT2D eigenvalue weighted by Crippen LogP contribution is 2.51. The maximum absolute atomic E-state index is 12.3. The maximum Gasteiger partial charge on any atom is 0.145 e. The summed E-state index contributed by atoms with van der Waals surface area (Å²) in [5, 5.41) is 1.30. The summed E-state index contributed by atoms with van der Waals surface area (Å²) in [6.07, 6.45) is 1.14. The zero-order chi connectivity index (χ0) is 15.8. The minimum absolute atomic E-state index is 0.132. The van der Waals surface area contributed by atoms with Crippen LogP contribution in [0.25, 0.3) is 0 Å². The molecule has 2 unspecified atom stereocenters. The molecule has 1 aromatic carbocycles. The molecule has 1 aliphatic rings. The number of fused-ring (bicyclic) bond motifs is 1. The standard InChI is InChI=1S/C16H26N2O2Si/c1-17(2)11-14-13-9-7-8-10-15(13)18(20-3)16(14,12-19)21(4,5)6/h7-10,12,14H,11H2,1-6H3. The molecule has 21 heavy (non-hydrogen) atoms. The Morgan fingerprint density at radius 1 is 1.33 bits per heavy atom. The Labute approximate surface area is 128 Å². The van der Waals surface area contributed by atoms with Gasteiger partial charge in [-0.15, -0.1) is 0 Å². The highest BCUT2D eigenvalue weighted by molar-refractivity contribution is 6.82. The van der Waals surface area contributed by atoms with Crippen LogP contribution in [0.15, 0.2) is 24.3 Å². The van der Waals surface area contributed by atoms with Gasteiger partial charge in [0.2, 0.25) is 0 Å². The SMILES string of the molecule is CON1c2ccccc2C(CN(C)C)C1(C=O)[Si](C)(C)C. The van der Waals surface area contributed by atoms with E-state index in [4.69, 9.17) is 4.84 Å². The first-order valence-electron chi connectivity index (χ1n) is 7.34. The lowest BCUT2D eigenvalue weighted by molar-refractivity contribution is -0.112. The Bertz CT molecular complexity index is 527. The molecular formula is C16H26N2O2Si. The van der Waals surface area contributed by atoms with Crippen LogP contribution in [0.1, 0.15) is 11.5 Å². The minimum Gasteiger partial charge on any atom is -0.309 e. The zero-order valence-electron chi connectivity index (χ0n) is 13.9. The largest absolute Gasteiger partial charge is 0.309 e. The van der Waals surface area contributed by atoms with E-state index >= 15 is 0 Å². The van der Waals surface area contributed by atoms with Crippen molar-refractivity contribution in [1.82, 2.24) is 4.90 Å². The van der Waals surface area contributed by atoms with Gasteiger partial charge in [0.15, 0.2) is 0 Å². The Kier molecular flexibility index (Phi) is 4.28. The molecule has 2 atom stereocenters. The van der Waals surface area contributed by atoms with Crippen molar-refractivity contribution in [1.29, 1.82) is 0 Å². The molecular weight excluding hydrogens is 280 g/mol. The topological polar surface area (TPSA) is 32.8 Å². The summed E-state index contributed by atoms with van der Waals surface area (Å²) in [5.41, 5.74) is 2.24. The number of aldehydes is 1. The van der Waals surface area contributed by atoms with E-state index in [1.54, 1.807) is 7.11 Å². The molecule has 1 heterocycles. The Morgan fingerprint density at radius 2 is 1.95 bits per heavy atom. The molecule has 1 aliphatic heterocycles. The van der Waals surface area contributed by atoms with E-state index in [1.807, 2.05) is 23.3 Å². The van der Waals surface area contributed by atoms with Crippen molar-refractivity contribution in [3.8, 4) is 0 Å². The third-order valence-corrected chi connectivity index (χ3v) is 7.58. The van der Waals surface area contributed by atoms with Crippen molar-refractivity contribution in [3.05, 3.63) is 29.8 Å². The van der Waals surface area contributed by atoms with Gasteiger partial charge in [0, 0.05) is 12.5 Å². The molecule has 0 saturated heterocycles. The zero-order valence-corrected chi connectivity index (χ0v) is 14.9. The summed E-state index contributed by atoms with van der Waals surface area (Å²) in [6.45, 7) is 7.55. The van der Waals surface area contributed by atoms with Crippen molar-refractivity contribution in [3.63, 3.8) is 0 Å². The first-order valence-corrected chi connectivity index (χ1v) is 10.8. The molecule has 0 aliphatic carbocycles. The molecule has 0 bridgehead atoms. The van der Waals surface area contributed by atoms with E-state index in [0.717, 1.165) is 18.5 Å². The second kappa shape index (κ2) is 5.55. The van der Waals surface area contributed by atoms with Crippen molar-refractivity contribution >= 4 is 20.0 Å². The van der Waals surface area contributed by atoms with Crippen LogP contribution in [0.4, 0.5) is 5.69 Å². The van der Waals surface area contributed by atoms with Crippen LogP contribution in [0.5, 0.6) is 0 Å². The lowest BCUT2D eigenvalue weighted by atomic mass is 9.94. The number of hydrogen-bond acceptors (Lipinski definition) is 4. The van der Waals surface area contributed by atoms with Crippen LogP contribution in [0, 0.1) is 0 Å². The Hall–Kier alpha value is -1.17. The fourth-order valence-electron chi connectivity index (χ4n) is 3.53. The van der Waals surface area contributed by atoms with Gasteiger partial charge in [-0.05, 0) is 25.7 Å². The average Bonchev–Trinajstić information content (AvgIpc) is 2.68. The lowest BCUT2D eigenvalue weighted by Gasteiger charge is -2.46. The molecule has 4 nitrogen and oxygen atoms in total. The number of carbonyl (C=O) groups is 1. The highest BCUT2D eigenvalue weighted by atomic mass is 28.3. The van der Waals surface area contributed by atoms with E-state index in [0.29, 0.717) is 0 Å². The van der Waals surface area contributed by atoms with Gasteiger partial charge in [0.05, 0.1) is 20.9 Å². The number of carbonyl (C=O) groups excluding carboxylic acids is 1. The summed E-state index contributed by atoms with van der Waals surface area (Å²) < 4.78 is 0. The predicted molar refractivity (Wildman–Crippen MR) is 89.4 cm³/mol. The number of hydrogen-bond donors (Lipinski definition) is 0. The van der Waals surface area contributed by atoms with Gasteiger partial charge >= 0.3 is 0 Å². The summed E-state index contributed by atoms with van der Waals surface area (Å²) in [6, 6.07) is 8.22. The second-order valence-electron chi connectivity index (χ2n) is 7.04. The molecule has 2 rings (SSSR count). The smallest absolute Gasteiger partial charge is 0.145 e. The van der Waals surface area contributed by atoms with E-state index in [2.05, 4.69) is 44.7 Å². The minimum atomic E-state index is -1.88. The van der Waals surface area contributed by atoms with Crippen LogP contribution in [0.3, 0.4) is 0 Å². The van der Waals surface area contributed by atoms with Crippen LogP contribution in [-0.4, -0.2) is 52.2 Å². The molecule has 116 valence electrons. The van der Waals surface area contributed by atoms with Crippen molar-refractivity contribution < 1.29 is 9.63 Å². The first kappa shape index (κ1) is 16.2. The quantitative estimate of drug-likeness (QED) is 0.618. The molecule has 1 aromatic rings. The van der Waals surface area contributed by atoms with Gasteiger partial charge in [-0.3, -0.25) is 4.84 Å². The number of anilines is 1. The van der Waals surface area contributed by atoms with Crippen LogP contribution in [0.2, 0.25) is 19.6 Å². The van der Waals surface area contributed by atoms with Crippen LogP contribution < -0.4 is 5.06 Å². The highest BCUT2D eigenvalue weighted by Gasteiger charge is 2.59. The molecule has 0 N–H and O–H groups in total. The van der Waals surface area contributed by atoms with Crippen LogP contribution >= 0.6 is 0 Å². The third-order valence-electron chi connectivity index (χ3n) is 4.51. The predicted octanol–water partition coefficient (Wildman–Crippen LogP) is 2.53. The molecule has 0 amide bonds. The first-order chi connectivity index (χ1) is 9.79. The summed E-state index contributed by atoms with van der Waals surface area (Å²) in [4.78, 5) is 20.2. The summed E-state index contributed by atoms with van der Waals surface area (Å²) in [7, 11) is 3.89. The fraction of sp³-hybridized carbons (Fsp3) is 0.562. The molecule has 0 fully saturated rings. The van der Waals surface area contributed by atoms with Crippen molar-refractivity contribution in [2.45, 2.75) is 30.7 Å². The van der Waals surface area contributed by atoms with E-state index < -0.39 is 13.2 Å². The number of hydroxylamine groups is 1. The van der Waals surface area contributed by atoms with Gasteiger partial charge in [0.25, 0.3) is 0 Å². The van der Waals surface area contributed by atoms with Crippen LogP contribution in [-0.2, 0) is 9.63 Å². The average molecular weight is 306 g/mol. The lowest BCUT2D eigenvalue weighted by Crippen LogP contribution is -2.66. The monoisotopic (exact) mass is 306 g/mol. The summed E-state index contributed by atoms with van der Waals surface area (Å²) >= 11 is 0. The van der Waals surface area contributed by atoms with Gasteiger partial charge < -0.3 is 9.69 Å². The third kappa shape index (κ3) is 2.33. The number of benzene rings is 1. The molecule has 0 aromatic heterocycles. The second-order valence-corrected chi connectivity index (χ2v) is 12.3. The Morgan fingerprint density at radius 3 is 2.43 bits per heavy atom. The number of para-hydroxylation sites is 1. The van der Waals surface area contributed by atoms with Crippen molar-refractivity contribution in [2.75, 3.05) is 32.8 Å². The van der Waals surface area contributed by atoms with E-state index in [9.17, 15) is 4.79 Å². The van der Waals surface area contributed by atoms with Gasteiger partial charge in [0.1, 0.15) is 11.4 Å². The van der Waals surface area contributed by atoms with Crippen molar-refractivity contribution in [2.24, 2.45) is 0 Å². The molecule has 5 heteroatoms.